The van der Waals surface area contributed by atoms with Crippen LogP contribution in [0.2, 0.25) is 0 Å². The Morgan fingerprint density at radius 2 is 2.67 bits per heavy atom. The highest BCUT2D eigenvalue weighted by atomic mass is 32.2. The van der Waals surface area contributed by atoms with Gasteiger partial charge < -0.3 is 0 Å². The maximum Gasteiger partial charge on any atom is 0.242 e. The molecule has 0 atom stereocenters. The number of aromatic nitrogens is 2. The van der Waals surface area contributed by atoms with Crippen molar-refractivity contribution in [3.8, 4) is 0 Å². The third-order valence-electron chi connectivity index (χ3n) is 0.756. The van der Waals surface area contributed by atoms with E-state index in [2.05, 4.69) is 14.9 Å². The number of carbonyl (C=O) groups is 1. The SMILES string of the molecule is CSC(=O)c1cnon1. The van der Waals surface area contributed by atoms with E-state index in [4.69, 9.17) is 0 Å². The summed E-state index contributed by atoms with van der Waals surface area (Å²) in [7, 11) is 0. The second kappa shape index (κ2) is 2.63. The first-order valence-electron chi connectivity index (χ1n) is 2.20. The van der Waals surface area contributed by atoms with E-state index in [-0.39, 0.29) is 10.8 Å². The molecule has 0 bridgehead atoms. The molecule has 9 heavy (non-hydrogen) atoms. The number of rotatable bonds is 1. The minimum atomic E-state index is -0.128. The van der Waals surface area contributed by atoms with Crippen LogP contribution in [0, 0.1) is 0 Å². The Balaban J connectivity index is 2.77. The van der Waals surface area contributed by atoms with E-state index in [0.29, 0.717) is 0 Å². The fourth-order valence-electron chi connectivity index (χ4n) is 0.359. The third kappa shape index (κ3) is 1.29. The first kappa shape index (κ1) is 6.28. The van der Waals surface area contributed by atoms with Crippen LogP contribution in [0.15, 0.2) is 10.8 Å². The standard InChI is InChI=1S/C4H4N2O2S/c1-9-4(7)3-2-5-8-6-3/h2H,1H3. The highest BCUT2D eigenvalue weighted by Gasteiger charge is 2.06. The Morgan fingerprint density at radius 3 is 3.11 bits per heavy atom. The van der Waals surface area contributed by atoms with Gasteiger partial charge in [-0.25, -0.2) is 4.63 Å². The minimum Gasteiger partial charge on any atom is -0.280 e. The molecule has 0 spiro atoms. The Labute approximate surface area is 55.6 Å². The summed E-state index contributed by atoms with van der Waals surface area (Å²) in [6, 6.07) is 0. The zero-order valence-corrected chi connectivity index (χ0v) is 5.51. The molecule has 0 aliphatic heterocycles. The van der Waals surface area contributed by atoms with Crippen LogP contribution in [0.4, 0.5) is 0 Å². The van der Waals surface area contributed by atoms with Crippen molar-refractivity contribution in [3.05, 3.63) is 11.9 Å². The van der Waals surface area contributed by atoms with Crippen molar-refractivity contribution in [1.29, 1.82) is 0 Å². The number of nitrogens with zero attached hydrogens (tertiary/aromatic N) is 2. The highest BCUT2D eigenvalue weighted by Crippen LogP contribution is 2.03. The van der Waals surface area contributed by atoms with Gasteiger partial charge in [0.05, 0.1) is 0 Å². The number of hydrogen-bond acceptors (Lipinski definition) is 5. The van der Waals surface area contributed by atoms with Crippen LogP contribution in [-0.2, 0) is 0 Å². The number of carbonyl (C=O) groups excluding carboxylic acids is 1. The van der Waals surface area contributed by atoms with Crippen LogP contribution < -0.4 is 0 Å². The molecule has 1 aromatic rings. The summed E-state index contributed by atoms with van der Waals surface area (Å²) in [6.45, 7) is 0. The van der Waals surface area contributed by atoms with Crippen LogP contribution in [0.25, 0.3) is 0 Å². The Hall–Kier alpha value is -0.840. The lowest BCUT2D eigenvalue weighted by Crippen LogP contribution is -1.90. The lowest BCUT2D eigenvalue weighted by atomic mass is 10.5. The third-order valence-corrected chi connectivity index (χ3v) is 1.34. The van der Waals surface area contributed by atoms with Crippen molar-refractivity contribution < 1.29 is 9.42 Å². The molecule has 1 aromatic heterocycles. The molecule has 0 aliphatic rings. The average molecular weight is 144 g/mol. The molecule has 1 heterocycles. The molecule has 0 N–H and O–H groups in total. The van der Waals surface area contributed by atoms with Gasteiger partial charge >= 0.3 is 0 Å². The summed E-state index contributed by atoms with van der Waals surface area (Å²) in [5.74, 6) is 0. The van der Waals surface area contributed by atoms with E-state index >= 15 is 0 Å². The molecule has 48 valence electrons. The molecule has 1 rings (SSSR count). The van der Waals surface area contributed by atoms with Crippen molar-refractivity contribution in [2.24, 2.45) is 0 Å². The normalized spacial score (nSPS) is 9.44. The molecular formula is C4H4N2O2S. The van der Waals surface area contributed by atoms with Gasteiger partial charge in [0.1, 0.15) is 6.20 Å². The molecule has 0 saturated carbocycles. The molecule has 0 saturated heterocycles. The molecule has 0 aromatic carbocycles. The Morgan fingerprint density at radius 1 is 1.89 bits per heavy atom. The summed E-state index contributed by atoms with van der Waals surface area (Å²) >= 11 is 1.08. The fraction of sp³-hybridized carbons (Fsp3) is 0.250. The Kier molecular flexibility index (Phi) is 1.84. The molecule has 0 unspecified atom stereocenters. The zero-order valence-electron chi connectivity index (χ0n) is 4.70. The second-order valence-corrected chi connectivity index (χ2v) is 2.06. The van der Waals surface area contributed by atoms with Crippen molar-refractivity contribution >= 4 is 16.9 Å². The summed E-state index contributed by atoms with van der Waals surface area (Å²) in [4.78, 5) is 10.7. The predicted molar refractivity (Wildman–Crippen MR) is 32.1 cm³/mol. The summed E-state index contributed by atoms with van der Waals surface area (Å²) in [5.41, 5.74) is 0.266. The van der Waals surface area contributed by atoms with Crippen LogP contribution in [0.1, 0.15) is 10.5 Å². The molecule has 4 nitrogen and oxygen atoms in total. The molecule has 0 radical (unpaired) electrons. The lowest BCUT2D eigenvalue weighted by Gasteiger charge is -1.81. The largest absolute Gasteiger partial charge is 0.280 e. The monoisotopic (exact) mass is 144 g/mol. The van der Waals surface area contributed by atoms with E-state index in [9.17, 15) is 4.79 Å². The molecule has 5 heteroatoms. The van der Waals surface area contributed by atoms with Gasteiger partial charge in [-0.3, -0.25) is 4.79 Å². The lowest BCUT2D eigenvalue weighted by molar-refractivity contribution is 0.108. The summed E-state index contributed by atoms with van der Waals surface area (Å²) in [6.07, 6.45) is 2.97. The van der Waals surface area contributed by atoms with E-state index in [1.165, 1.54) is 6.20 Å². The molecule has 0 fully saturated rings. The fourth-order valence-corrected chi connectivity index (χ4v) is 0.658. The molecule has 0 aliphatic carbocycles. The van der Waals surface area contributed by atoms with Gasteiger partial charge in [0.2, 0.25) is 5.12 Å². The summed E-state index contributed by atoms with van der Waals surface area (Å²) < 4.78 is 4.20. The van der Waals surface area contributed by atoms with Crippen LogP contribution in [0.5, 0.6) is 0 Å². The maximum atomic E-state index is 10.7. The van der Waals surface area contributed by atoms with Gasteiger partial charge in [0.25, 0.3) is 0 Å². The van der Waals surface area contributed by atoms with Gasteiger partial charge in [-0.1, -0.05) is 16.9 Å². The van der Waals surface area contributed by atoms with Gasteiger partial charge in [0.15, 0.2) is 5.69 Å². The van der Waals surface area contributed by atoms with Gasteiger partial charge in [-0.05, 0) is 11.4 Å². The van der Waals surface area contributed by atoms with Gasteiger partial charge in [-0.15, -0.1) is 0 Å². The van der Waals surface area contributed by atoms with Gasteiger partial charge in [0, 0.05) is 0 Å². The van der Waals surface area contributed by atoms with Crippen molar-refractivity contribution in [2.45, 2.75) is 0 Å². The van der Waals surface area contributed by atoms with E-state index < -0.39 is 0 Å². The average Bonchev–Trinajstić information content (AvgIpc) is 2.37. The molecular weight excluding hydrogens is 140 g/mol. The minimum absolute atomic E-state index is 0.128. The number of thioether (sulfide) groups is 1. The first-order valence-corrected chi connectivity index (χ1v) is 3.43. The highest BCUT2D eigenvalue weighted by molar-refractivity contribution is 8.13. The van der Waals surface area contributed by atoms with E-state index in [0.717, 1.165) is 11.8 Å². The van der Waals surface area contributed by atoms with Crippen molar-refractivity contribution in [1.82, 2.24) is 10.3 Å². The van der Waals surface area contributed by atoms with Gasteiger partial charge in [-0.2, -0.15) is 0 Å². The predicted octanol–water partition coefficient (Wildman–Crippen LogP) is 0.573. The Bertz CT molecular complexity index is 196. The van der Waals surface area contributed by atoms with Crippen molar-refractivity contribution in [3.63, 3.8) is 0 Å². The van der Waals surface area contributed by atoms with Crippen LogP contribution in [0.3, 0.4) is 0 Å². The zero-order chi connectivity index (χ0) is 6.69. The quantitative estimate of drug-likeness (QED) is 0.576. The smallest absolute Gasteiger partial charge is 0.242 e. The van der Waals surface area contributed by atoms with Crippen LogP contribution in [-0.4, -0.2) is 21.7 Å². The molecule has 0 amide bonds. The first-order chi connectivity index (χ1) is 4.34. The number of hydrogen-bond donors (Lipinski definition) is 0. The maximum absolute atomic E-state index is 10.7. The topological polar surface area (TPSA) is 56.0 Å². The van der Waals surface area contributed by atoms with E-state index in [1.54, 1.807) is 6.26 Å². The van der Waals surface area contributed by atoms with E-state index in [1.807, 2.05) is 0 Å². The van der Waals surface area contributed by atoms with Crippen molar-refractivity contribution in [2.75, 3.05) is 6.26 Å². The second-order valence-electron chi connectivity index (χ2n) is 1.28. The van der Waals surface area contributed by atoms with Crippen LogP contribution >= 0.6 is 11.8 Å². The summed E-state index contributed by atoms with van der Waals surface area (Å²) in [5, 5.41) is 6.47.